The highest BCUT2D eigenvalue weighted by Gasteiger charge is 2.26. The van der Waals surface area contributed by atoms with Gasteiger partial charge in [0.2, 0.25) is 15.9 Å². The number of rotatable bonds is 6. The number of amides is 1. The predicted octanol–water partition coefficient (Wildman–Crippen LogP) is 0.939. The Kier molecular flexibility index (Phi) is 5.47. The van der Waals surface area contributed by atoms with Gasteiger partial charge in [0.1, 0.15) is 5.41 Å². The van der Waals surface area contributed by atoms with Crippen LogP contribution in [0.4, 0.5) is 0 Å². The summed E-state index contributed by atoms with van der Waals surface area (Å²) in [7, 11) is -3.58. The standard InChI is InChI=1S/C14H19N3O3S/c1-11-4-6-12(7-5-11)21(19,20)17-9-8-16-13(18)14(2,3)10-15/h4-7,17H,8-9H2,1-3H3,(H,16,18). The molecule has 1 aromatic carbocycles. The summed E-state index contributed by atoms with van der Waals surface area (Å²) in [5, 5.41) is 11.3. The molecule has 114 valence electrons. The van der Waals surface area contributed by atoms with Crippen LogP contribution in [0.5, 0.6) is 0 Å². The minimum atomic E-state index is -3.58. The summed E-state index contributed by atoms with van der Waals surface area (Å²) >= 11 is 0. The number of benzene rings is 1. The first-order chi connectivity index (χ1) is 9.69. The van der Waals surface area contributed by atoms with Crippen molar-refractivity contribution in [3.8, 4) is 6.07 Å². The van der Waals surface area contributed by atoms with E-state index in [9.17, 15) is 13.2 Å². The van der Waals surface area contributed by atoms with Crippen molar-refractivity contribution in [1.82, 2.24) is 10.0 Å². The Morgan fingerprint density at radius 1 is 1.24 bits per heavy atom. The van der Waals surface area contributed by atoms with Crippen LogP contribution >= 0.6 is 0 Å². The van der Waals surface area contributed by atoms with Gasteiger partial charge in [0.25, 0.3) is 0 Å². The molecule has 1 rings (SSSR count). The maximum atomic E-state index is 12.0. The Hall–Kier alpha value is -1.91. The quantitative estimate of drug-likeness (QED) is 0.764. The van der Waals surface area contributed by atoms with Crippen molar-refractivity contribution in [2.24, 2.45) is 5.41 Å². The highest BCUT2D eigenvalue weighted by Crippen LogP contribution is 2.12. The fraction of sp³-hybridized carbons (Fsp3) is 0.429. The van der Waals surface area contributed by atoms with E-state index >= 15 is 0 Å². The van der Waals surface area contributed by atoms with E-state index in [4.69, 9.17) is 5.26 Å². The largest absolute Gasteiger partial charge is 0.353 e. The lowest BCUT2D eigenvalue weighted by molar-refractivity contribution is -0.126. The highest BCUT2D eigenvalue weighted by atomic mass is 32.2. The molecule has 0 atom stereocenters. The van der Waals surface area contributed by atoms with Crippen molar-refractivity contribution in [3.63, 3.8) is 0 Å². The number of nitrogens with one attached hydrogen (secondary N) is 2. The van der Waals surface area contributed by atoms with Crippen molar-refractivity contribution < 1.29 is 13.2 Å². The first-order valence-corrected chi connectivity index (χ1v) is 7.93. The Bertz CT molecular complexity index is 643. The van der Waals surface area contributed by atoms with Gasteiger partial charge < -0.3 is 5.32 Å². The SMILES string of the molecule is Cc1ccc(S(=O)(=O)NCCNC(=O)C(C)(C)C#N)cc1. The van der Waals surface area contributed by atoms with Crippen LogP contribution in [0.2, 0.25) is 0 Å². The predicted molar refractivity (Wildman–Crippen MR) is 78.8 cm³/mol. The normalized spacial score (nSPS) is 11.7. The van der Waals surface area contributed by atoms with E-state index < -0.39 is 21.3 Å². The molecule has 0 aliphatic carbocycles. The second-order valence-electron chi connectivity index (χ2n) is 5.20. The zero-order valence-corrected chi connectivity index (χ0v) is 13.1. The lowest BCUT2D eigenvalue weighted by Gasteiger charge is -2.15. The highest BCUT2D eigenvalue weighted by molar-refractivity contribution is 7.89. The average molecular weight is 309 g/mol. The molecule has 0 aliphatic rings. The molecule has 0 spiro atoms. The average Bonchev–Trinajstić information content (AvgIpc) is 2.43. The summed E-state index contributed by atoms with van der Waals surface area (Å²) in [6.07, 6.45) is 0. The van der Waals surface area contributed by atoms with E-state index in [2.05, 4.69) is 10.0 Å². The summed E-state index contributed by atoms with van der Waals surface area (Å²) in [6.45, 7) is 5.05. The lowest BCUT2D eigenvalue weighted by atomic mass is 9.95. The van der Waals surface area contributed by atoms with Crippen LogP contribution < -0.4 is 10.0 Å². The number of carbonyl (C=O) groups is 1. The Labute approximate surface area is 125 Å². The van der Waals surface area contributed by atoms with E-state index in [1.54, 1.807) is 12.1 Å². The maximum Gasteiger partial charge on any atom is 0.240 e. The van der Waals surface area contributed by atoms with Crippen molar-refractivity contribution in [3.05, 3.63) is 29.8 Å². The summed E-state index contributed by atoms with van der Waals surface area (Å²) in [4.78, 5) is 11.8. The van der Waals surface area contributed by atoms with Crippen LogP contribution in [0, 0.1) is 23.7 Å². The van der Waals surface area contributed by atoms with Gasteiger partial charge >= 0.3 is 0 Å². The van der Waals surface area contributed by atoms with Crippen molar-refractivity contribution in [2.45, 2.75) is 25.7 Å². The Balaban J connectivity index is 2.51. The number of sulfonamides is 1. The number of hydrogen-bond acceptors (Lipinski definition) is 4. The van der Waals surface area contributed by atoms with Gasteiger partial charge in [-0.2, -0.15) is 5.26 Å². The summed E-state index contributed by atoms with van der Waals surface area (Å²) in [6, 6.07) is 8.35. The minimum absolute atomic E-state index is 0.0590. The molecule has 0 heterocycles. The zero-order valence-electron chi connectivity index (χ0n) is 12.3. The second kappa shape index (κ2) is 6.70. The fourth-order valence-corrected chi connectivity index (χ4v) is 2.47. The van der Waals surface area contributed by atoms with E-state index in [1.165, 1.54) is 26.0 Å². The van der Waals surface area contributed by atoms with Crippen LogP contribution in [-0.2, 0) is 14.8 Å². The molecule has 2 N–H and O–H groups in total. The monoisotopic (exact) mass is 309 g/mol. The third-order valence-corrected chi connectivity index (χ3v) is 4.36. The number of nitriles is 1. The molecule has 0 saturated carbocycles. The van der Waals surface area contributed by atoms with Gasteiger partial charge in [-0.1, -0.05) is 17.7 Å². The molecule has 0 unspecified atom stereocenters. The molecule has 0 aliphatic heterocycles. The van der Waals surface area contributed by atoms with Crippen LogP contribution in [0.15, 0.2) is 29.2 Å². The second-order valence-corrected chi connectivity index (χ2v) is 6.97. The van der Waals surface area contributed by atoms with Crippen LogP contribution in [-0.4, -0.2) is 27.4 Å². The first kappa shape index (κ1) is 17.1. The number of nitrogens with zero attached hydrogens (tertiary/aromatic N) is 1. The molecule has 1 amide bonds. The van der Waals surface area contributed by atoms with Gasteiger partial charge in [0, 0.05) is 13.1 Å². The zero-order chi connectivity index (χ0) is 16.1. The molecule has 0 aromatic heterocycles. The summed E-state index contributed by atoms with van der Waals surface area (Å²) < 4.78 is 26.3. The molecule has 0 saturated heterocycles. The number of aryl methyl sites for hydroxylation is 1. The van der Waals surface area contributed by atoms with Crippen LogP contribution in [0.1, 0.15) is 19.4 Å². The summed E-state index contributed by atoms with van der Waals surface area (Å²) in [5.74, 6) is -0.431. The van der Waals surface area contributed by atoms with Crippen molar-refractivity contribution in [2.75, 3.05) is 13.1 Å². The first-order valence-electron chi connectivity index (χ1n) is 6.45. The van der Waals surface area contributed by atoms with Gasteiger partial charge in [0.05, 0.1) is 11.0 Å². The molecular weight excluding hydrogens is 290 g/mol. The van der Waals surface area contributed by atoms with Gasteiger partial charge in [-0.25, -0.2) is 13.1 Å². The maximum absolute atomic E-state index is 12.0. The van der Waals surface area contributed by atoms with Gasteiger partial charge in [-0.3, -0.25) is 4.79 Å². The molecule has 0 radical (unpaired) electrons. The molecular formula is C14H19N3O3S. The molecule has 1 aromatic rings. The Morgan fingerprint density at radius 3 is 2.33 bits per heavy atom. The van der Waals surface area contributed by atoms with Crippen LogP contribution in [0.25, 0.3) is 0 Å². The molecule has 7 heteroatoms. The Morgan fingerprint density at radius 2 is 1.81 bits per heavy atom. The van der Waals surface area contributed by atoms with Gasteiger partial charge in [-0.05, 0) is 32.9 Å². The molecule has 21 heavy (non-hydrogen) atoms. The lowest BCUT2D eigenvalue weighted by Crippen LogP contribution is -2.40. The van der Waals surface area contributed by atoms with E-state index in [-0.39, 0.29) is 18.0 Å². The fourth-order valence-electron chi connectivity index (χ4n) is 1.43. The van der Waals surface area contributed by atoms with Gasteiger partial charge in [-0.15, -0.1) is 0 Å². The van der Waals surface area contributed by atoms with Crippen molar-refractivity contribution >= 4 is 15.9 Å². The van der Waals surface area contributed by atoms with Gasteiger partial charge in [0.15, 0.2) is 0 Å². The molecule has 0 fully saturated rings. The third kappa shape index (κ3) is 4.85. The summed E-state index contributed by atoms with van der Waals surface area (Å²) in [5.41, 5.74) is -0.157. The third-order valence-electron chi connectivity index (χ3n) is 2.88. The van der Waals surface area contributed by atoms with E-state index in [1.807, 2.05) is 13.0 Å². The van der Waals surface area contributed by atoms with E-state index in [0.717, 1.165) is 5.56 Å². The van der Waals surface area contributed by atoms with Crippen LogP contribution in [0.3, 0.4) is 0 Å². The molecule has 6 nitrogen and oxygen atoms in total. The van der Waals surface area contributed by atoms with Crippen molar-refractivity contribution in [1.29, 1.82) is 5.26 Å². The smallest absolute Gasteiger partial charge is 0.240 e. The molecule has 0 bridgehead atoms. The van der Waals surface area contributed by atoms with E-state index in [0.29, 0.717) is 0 Å². The number of carbonyl (C=O) groups excluding carboxylic acids is 1. The topological polar surface area (TPSA) is 99.1 Å². The minimum Gasteiger partial charge on any atom is -0.353 e. The number of hydrogen-bond donors (Lipinski definition) is 2.